The van der Waals surface area contributed by atoms with E-state index in [9.17, 15) is 4.79 Å². The maximum Gasteiger partial charge on any atom is 0.339 e. The second-order valence-corrected chi connectivity index (χ2v) is 3.17. The predicted octanol–water partition coefficient (Wildman–Crippen LogP) is 1.20. The minimum atomic E-state index is -0.470. The highest BCUT2D eigenvalue weighted by atomic mass is 16.6. The van der Waals surface area contributed by atoms with Crippen LogP contribution in [0.1, 0.15) is 27.6 Å². The molecule has 0 spiro atoms. The number of fused-ring (bicyclic) bond motifs is 1. The van der Waals surface area contributed by atoms with Crippen LogP contribution in [0.5, 0.6) is 0 Å². The second kappa shape index (κ2) is 2.85. The Morgan fingerprint density at radius 3 is 3.00 bits per heavy atom. The molecule has 1 aliphatic rings. The lowest BCUT2D eigenvalue weighted by Gasteiger charge is -2.05. The summed E-state index contributed by atoms with van der Waals surface area (Å²) < 4.78 is 4.95. The van der Waals surface area contributed by atoms with E-state index in [1.54, 1.807) is 6.07 Å². The van der Waals surface area contributed by atoms with E-state index in [1.807, 2.05) is 19.1 Å². The normalized spacial score (nSPS) is 19.8. The van der Waals surface area contributed by atoms with Crippen molar-refractivity contribution in [3.05, 3.63) is 34.9 Å². The first-order valence-corrected chi connectivity index (χ1v) is 4.15. The number of ether oxygens (including phenoxy) is 1. The molecule has 13 heavy (non-hydrogen) atoms. The average molecular weight is 178 g/mol. The summed E-state index contributed by atoms with van der Waals surface area (Å²) in [4.78, 5) is 11.2. The van der Waals surface area contributed by atoms with Crippen LogP contribution >= 0.6 is 0 Å². The van der Waals surface area contributed by atoms with Crippen molar-refractivity contribution in [3.63, 3.8) is 0 Å². The number of benzene rings is 1. The SMILES string of the molecule is Cc1ccc2c(c1)[C@H](CO)OC2=O. The van der Waals surface area contributed by atoms with Gasteiger partial charge in [0.25, 0.3) is 0 Å². The lowest BCUT2D eigenvalue weighted by molar-refractivity contribution is 0.0235. The molecule has 0 fully saturated rings. The van der Waals surface area contributed by atoms with Gasteiger partial charge in [0, 0.05) is 5.56 Å². The van der Waals surface area contributed by atoms with E-state index in [2.05, 4.69) is 0 Å². The zero-order valence-electron chi connectivity index (χ0n) is 7.28. The van der Waals surface area contributed by atoms with Crippen LogP contribution in [0.15, 0.2) is 18.2 Å². The number of cyclic esters (lactones) is 1. The van der Waals surface area contributed by atoms with Crippen molar-refractivity contribution in [1.82, 2.24) is 0 Å². The van der Waals surface area contributed by atoms with Crippen molar-refractivity contribution in [2.75, 3.05) is 6.61 Å². The van der Waals surface area contributed by atoms with Crippen LogP contribution in [0, 0.1) is 6.92 Å². The maximum atomic E-state index is 11.2. The van der Waals surface area contributed by atoms with Crippen LogP contribution in [0.3, 0.4) is 0 Å². The fourth-order valence-corrected chi connectivity index (χ4v) is 1.53. The van der Waals surface area contributed by atoms with Crippen molar-refractivity contribution in [2.24, 2.45) is 0 Å². The Morgan fingerprint density at radius 2 is 2.31 bits per heavy atom. The van der Waals surface area contributed by atoms with Gasteiger partial charge in [-0.25, -0.2) is 4.79 Å². The molecule has 1 aromatic rings. The number of aryl methyl sites for hydroxylation is 1. The topological polar surface area (TPSA) is 46.5 Å². The predicted molar refractivity (Wildman–Crippen MR) is 46.4 cm³/mol. The molecule has 0 saturated carbocycles. The van der Waals surface area contributed by atoms with E-state index in [1.165, 1.54) is 0 Å². The fraction of sp³-hybridized carbons (Fsp3) is 0.300. The van der Waals surface area contributed by atoms with E-state index in [-0.39, 0.29) is 12.6 Å². The average Bonchev–Trinajstić information content (AvgIpc) is 2.42. The van der Waals surface area contributed by atoms with Crippen LogP contribution < -0.4 is 0 Å². The van der Waals surface area contributed by atoms with Gasteiger partial charge in [-0.2, -0.15) is 0 Å². The third kappa shape index (κ3) is 1.21. The Labute approximate surface area is 76.0 Å². The molecule has 0 amide bonds. The zero-order chi connectivity index (χ0) is 9.42. The van der Waals surface area contributed by atoms with Gasteiger partial charge in [-0.1, -0.05) is 17.7 Å². The summed E-state index contributed by atoms with van der Waals surface area (Å²) in [6.07, 6.45) is -0.470. The minimum Gasteiger partial charge on any atom is -0.451 e. The lowest BCUT2D eigenvalue weighted by Crippen LogP contribution is -2.02. The fourth-order valence-electron chi connectivity index (χ4n) is 1.53. The molecule has 2 rings (SSSR count). The number of rotatable bonds is 1. The van der Waals surface area contributed by atoms with Crippen molar-refractivity contribution < 1.29 is 14.6 Å². The molecule has 3 nitrogen and oxygen atoms in total. The van der Waals surface area contributed by atoms with Gasteiger partial charge >= 0.3 is 5.97 Å². The molecule has 0 bridgehead atoms. The summed E-state index contributed by atoms with van der Waals surface area (Å²) in [5.74, 6) is -0.339. The second-order valence-electron chi connectivity index (χ2n) is 3.17. The van der Waals surface area contributed by atoms with Crippen LogP contribution in [0.4, 0.5) is 0 Å². The molecule has 1 aromatic carbocycles. The number of aliphatic hydroxyl groups is 1. The summed E-state index contributed by atoms with van der Waals surface area (Å²) in [7, 11) is 0. The first kappa shape index (κ1) is 8.26. The standard InChI is InChI=1S/C10H10O3/c1-6-2-3-7-8(4-6)9(5-11)13-10(7)12/h2-4,9,11H,5H2,1H3/t9-/m0/s1. The van der Waals surface area contributed by atoms with Gasteiger partial charge in [-0.05, 0) is 13.0 Å². The highest BCUT2D eigenvalue weighted by molar-refractivity contribution is 5.94. The first-order chi connectivity index (χ1) is 6.22. The lowest BCUT2D eigenvalue weighted by atomic mass is 10.0. The number of hydrogen-bond donors (Lipinski definition) is 1. The molecule has 0 radical (unpaired) electrons. The van der Waals surface area contributed by atoms with Gasteiger partial charge in [0.2, 0.25) is 0 Å². The van der Waals surface area contributed by atoms with E-state index >= 15 is 0 Å². The van der Waals surface area contributed by atoms with Gasteiger partial charge in [-0.15, -0.1) is 0 Å². The number of carbonyl (C=O) groups excluding carboxylic acids is 1. The van der Waals surface area contributed by atoms with Crippen LogP contribution in [0.2, 0.25) is 0 Å². The van der Waals surface area contributed by atoms with Crippen molar-refractivity contribution >= 4 is 5.97 Å². The van der Waals surface area contributed by atoms with Crippen LogP contribution in [-0.2, 0) is 4.74 Å². The third-order valence-corrected chi connectivity index (χ3v) is 2.19. The Kier molecular flexibility index (Phi) is 1.81. The van der Waals surface area contributed by atoms with Crippen LogP contribution in [0.25, 0.3) is 0 Å². The molecule has 1 atom stereocenters. The maximum absolute atomic E-state index is 11.2. The zero-order valence-corrected chi connectivity index (χ0v) is 7.28. The highest BCUT2D eigenvalue weighted by Gasteiger charge is 2.29. The summed E-state index contributed by atoms with van der Waals surface area (Å²) in [5, 5.41) is 8.94. The van der Waals surface area contributed by atoms with Crippen molar-refractivity contribution in [1.29, 1.82) is 0 Å². The smallest absolute Gasteiger partial charge is 0.339 e. The first-order valence-electron chi connectivity index (χ1n) is 4.15. The molecule has 0 aromatic heterocycles. The molecule has 0 unspecified atom stereocenters. The third-order valence-electron chi connectivity index (χ3n) is 2.19. The number of hydrogen-bond acceptors (Lipinski definition) is 3. The summed E-state index contributed by atoms with van der Waals surface area (Å²) >= 11 is 0. The van der Waals surface area contributed by atoms with E-state index in [0.717, 1.165) is 11.1 Å². The van der Waals surface area contributed by atoms with E-state index < -0.39 is 6.10 Å². The summed E-state index contributed by atoms with van der Waals surface area (Å²) in [6, 6.07) is 5.48. The van der Waals surface area contributed by atoms with Gasteiger partial charge < -0.3 is 9.84 Å². The van der Waals surface area contributed by atoms with Crippen molar-refractivity contribution in [2.45, 2.75) is 13.0 Å². The van der Waals surface area contributed by atoms with Crippen molar-refractivity contribution in [3.8, 4) is 0 Å². The molecule has 1 heterocycles. The molecule has 0 saturated heterocycles. The molecule has 1 aliphatic heterocycles. The van der Waals surface area contributed by atoms with Crippen LogP contribution in [-0.4, -0.2) is 17.7 Å². The quantitative estimate of drug-likeness (QED) is 0.657. The van der Waals surface area contributed by atoms with Gasteiger partial charge in [0.1, 0.15) is 0 Å². The number of carbonyl (C=O) groups is 1. The van der Waals surface area contributed by atoms with Gasteiger partial charge in [0.05, 0.1) is 12.2 Å². The molecule has 68 valence electrons. The Balaban J connectivity index is 2.52. The van der Waals surface area contributed by atoms with Gasteiger partial charge in [0.15, 0.2) is 6.10 Å². The minimum absolute atomic E-state index is 0.151. The summed E-state index contributed by atoms with van der Waals surface area (Å²) in [6.45, 7) is 1.79. The molecule has 3 heteroatoms. The highest BCUT2D eigenvalue weighted by Crippen LogP contribution is 2.30. The molecule has 1 N–H and O–H groups in total. The number of aliphatic hydroxyl groups excluding tert-OH is 1. The largest absolute Gasteiger partial charge is 0.451 e. The molecular formula is C10H10O3. The van der Waals surface area contributed by atoms with E-state index in [4.69, 9.17) is 9.84 Å². The Bertz CT molecular complexity index is 357. The summed E-state index contributed by atoms with van der Waals surface area (Å²) in [5.41, 5.74) is 2.44. The molecular weight excluding hydrogens is 168 g/mol. The number of esters is 1. The Hall–Kier alpha value is -1.35. The van der Waals surface area contributed by atoms with E-state index in [0.29, 0.717) is 5.56 Å². The van der Waals surface area contributed by atoms with Gasteiger partial charge in [-0.3, -0.25) is 0 Å². The molecule has 0 aliphatic carbocycles. The monoisotopic (exact) mass is 178 g/mol. The Morgan fingerprint density at radius 1 is 1.54 bits per heavy atom.